The van der Waals surface area contributed by atoms with Crippen molar-refractivity contribution in [2.24, 2.45) is 0 Å². The summed E-state index contributed by atoms with van der Waals surface area (Å²) in [6, 6.07) is 23.7. The second-order valence-corrected chi connectivity index (χ2v) is 12.4. The van der Waals surface area contributed by atoms with E-state index in [1.807, 2.05) is 40.3 Å². The monoisotopic (exact) mass is 624 g/mol. The van der Waals surface area contributed by atoms with Crippen molar-refractivity contribution in [3.63, 3.8) is 0 Å². The molecule has 10 nitrogen and oxygen atoms in total. The predicted molar refractivity (Wildman–Crippen MR) is 177 cm³/mol. The molecule has 0 amide bonds. The highest BCUT2D eigenvalue weighted by molar-refractivity contribution is 5.57. The third-order valence-corrected chi connectivity index (χ3v) is 9.16. The van der Waals surface area contributed by atoms with Crippen LogP contribution >= 0.6 is 0 Å². The molecule has 0 aliphatic carbocycles. The number of hydrogen-bond donors (Lipinski definition) is 2. The van der Waals surface area contributed by atoms with Gasteiger partial charge in [-0.2, -0.15) is 0 Å². The average Bonchev–Trinajstić information content (AvgIpc) is 3.71. The summed E-state index contributed by atoms with van der Waals surface area (Å²) in [4.78, 5) is 8.97. The highest BCUT2D eigenvalue weighted by Gasteiger charge is 2.35. The number of piperazine rings is 1. The molecule has 10 heteroatoms. The Bertz CT molecular complexity index is 1570. The lowest BCUT2D eigenvalue weighted by molar-refractivity contribution is 0.0883. The van der Waals surface area contributed by atoms with Crippen LogP contribution in [-0.4, -0.2) is 88.0 Å². The maximum absolute atomic E-state index is 11.3. The largest absolute Gasteiger partial charge is 0.507 e. The number of anilines is 2. The number of rotatable bonds is 8. The van der Waals surface area contributed by atoms with Crippen LogP contribution in [0.2, 0.25) is 0 Å². The van der Waals surface area contributed by atoms with E-state index in [2.05, 4.69) is 68.1 Å². The molecular weight excluding hydrogens is 584 g/mol. The molecule has 4 aromatic rings. The third kappa shape index (κ3) is 5.59. The summed E-state index contributed by atoms with van der Waals surface area (Å²) in [5.74, 6) is 2.75. The quantitative estimate of drug-likeness (QED) is 0.273. The van der Waals surface area contributed by atoms with Gasteiger partial charge in [0.25, 0.3) is 0 Å². The van der Waals surface area contributed by atoms with Crippen molar-refractivity contribution in [3.05, 3.63) is 95.1 Å². The summed E-state index contributed by atoms with van der Waals surface area (Å²) >= 11 is 0. The van der Waals surface area contributed by atoms with E-state index < -0.39 is 0 Å². The van der Waals surface area contributed by atoms with Gasteiger partial charge in [0.05, 0.1) is 12.1 Å². The van der Waals surface area contributed by atoms with E-state index in [4.69, 9.17) is 18.9 Å². The lowest BCUT2D eigenvalue weighted by Gasteiger charge is -2.43. The Labute approximate surface area is 269 Å². The molecule has 7 rings (SSSR count). The molecule has 240 valence electrons. The molecule has 0 aromatic heterocycles. The SMILES string of the molecule is CN(C)c1ccc([C@H](c2cc3c(cc2O)OCO3)N2CCN([C@@H](c3ccc(N(C)C)cc3)c3cc4c(cc3O)OCO4)CC2)cc1. The van der Waals surface area contributed by atoms with Crippen LogP contribution in [0, 0.1) is 0 Å². The predicted octanol–water partition coefficient (Wildman–Crippen LogP) is 5.18. The van der Waals surface area contributed by atoms with Gasteiger partial charge in [-0.15, -0.1) is 0 Å². The minimum absolute atomic E-state index is 0.142. The van der Waals surface area contributed by atoms with Crippen molar-refractivity contribution < 1.29 is 29.2 Å². The molecule has 0 spiro atoms. The maximum atomic E-state index is 11.3. The van der Waals surface area contributed by atoms with Crippen molar-refractivity contribution in [3.8, 4) is 34.5 Å². The van der Waals surface area contributed by atoms with Crippen LogP contribution < -0.4 is 28.7 Å². The zero-order valence-corrected chi connectivity index (χ0v) is 26.6. The average molecular weight is 625 g/mol. The van der Waals surface area contributed by atoms with E-state index >= 15 is 0 Å². The first-order valence-corrected chi connectivity index (χ1v) is 15.5. The van der Waals surface area contributed by atoms with Crippen molar-refractivity contribution in [2.45, 2.75) is 12.1 Å². The summed E-state index contributed by atoms with van der Waals surface area (Å²) in [6.07, 6.45) is 0. The molecule has 0 radical (unpaired) electrons. The lowest BCUT2D eigenvalue weighted by Crippen LogP contribution is -2.49. The molecule has 1 saturated heterocycles. The fraction of sp³-hybridized carbons (Fsp3) is 0.333. The Balaban J connectivity index is 1.22. The van der Waals surface area contributed by atoms with Crippen LogP contribution in [0.15, 0.2) is 72.8 Å². The molecule has 1 fully saturated rings. The van der Waals surface area contributed by atoms with Crippen LogP contribution in [-0.2, 0) is 0 Å². The highest BCUT2D eigenvalue weighted by Crippen LogP contribution is 2.46. The van der Waals surface area contributed by atoms with Crippen LogP contribution in [0.4, 0.5) is 11.4 Å². The molecule has 0 unspecified atom stereocenters. The van der Waals surface area contributed by atoms with Crippen LogP contribution in [0.25, 0.3) is 0 Å². The van der Waals surface area contributed by atoms with Gasteiger partial charge in [-0.1, -0.05) is 24.3 Å². The molecule has 2 N–H and O–H groups in total. The van der Waals surface area contributed by atoms with E-state index in [1.54, 1.807) is 12.1 Å². The molecular formula is C36H40N4O6. The second kappa shape index (κ2) is 12.2. The molecule has 0 saturated carbocycles. The van der Waals surface area contributed by atoms with Gasteiger partial charge in [0, 0.05) is 89.0 Å². The zero-order valence-electron chi connectivity index (χ0n) is 26.6. The van der Waals surface area contributed by atoms with Crippen molar-refractivity contribution in [1.82, 2.24) is 9.80 Å². The van der Waals surface area contributed by atoms with Crippen LogP contribution in [0.5, 0.6) is 34.5 Å². The van der Waals surface area contributed by atoms with Gasteiger partial charge in [0.1, 0.15) is 11.5 Å². The summed E-state index contributed by atoms with van der Waals surface area (Å²) in [5, 5.41) is 22.5. The number of hydrogen-bond acceptors (Lipinski definition) is 10. The Morgan fingerprint density at radius 1 is 0.522 bits per heavy atom. The van der Waals surface area contributed by atoms with Gasteiger partial charge < -0.3 is 39.0 Å². The maximum Gasteiger partial charge on any atom is 0.231 e. The number of nitrogens with zero attached hydrogens (tertiary/aromatic N) is 4. The normalized spacial score (nSPS) is 17.1. The Kier molecular flexibility index (Phi) is 7.92. The van der Waals surface area contributed by atoms with E-state index in [9.17, 15) is 10.2 Å². The van der Waals surface area contributed by atoms with E-state index in [0.717, 1.165) is 59.8 Å². The van der Waals surface area contributed by atoms with Gasteiger partial charge in [-0.3, -0.25) is 9.80 Å². The first-order chi connectivity index (χ1) is 22.3. The number of phenols is 2. The fourth-order valence-electron chi connectivity index (χ4n) is 6.67. The van der Waals surface area contributed by atoms with E-state index in [0.29, 0.717) is 23.0 Å². The molecule has 3 aliphatic rings. The van der Waals surface area contributed by atoms with Crippen LogP contribution in [0.1, 0.15) is 34.3 Å². The van der Waals surface area contributed by atoms with Crippen molar-refractivity contribution in [1.29, 1.82) is 0 Å². The lowest BCUT2D eigenvalue weighted by atomic mass is 9.93. The number of ether oxygens (including phenoxy) is 4. The standard InChI is InChI=1S/C36H40N4O6/c1-37(2)25-9-5-23(6-10-25)35(27-17-31-33(19-29(27)41)45-21-43-31)39-13-15-40(16-14-39)36(24-7-11-26(12-8-24)38(3)4)28-18-32-34(20-30(28)42)46-22-44-32/h5-12,17-20,35-36,41-42H,13-16,21-22H2,1-4H3/t35-,36+. The number of aromatic hydroxyl groups is 2. The van der Waals surface area contributed by atoms with Crippen molar-refractivity contribution >= 4 is 11.4 Å². The Hall–Kier alpha value is -4.80. The van der Waals surface area contributed by atoms with Crippen LogP contribution in [0.3, 0.4) is 0 Å². The molecule has 2 atom stereocenters. The first-order valence-electron chi connectivity index (χ1n) is 15.5. The van der Waals surface area contributed by atoms with Gasteiger partial charge in [0.2, 0.25) is 13.6 Å². The number of benzene rings is 4. The smallest absolute Gasteiger partial charge is 0.231 e. The number of fused-ring (bicyclic) bond motifs is 2. The Morgan fingerprint density at radius 2 is 0.848 bits per heavy atom. The minimum Gasteiger partial charge on any atom is -0.507 e. The number of phenolic OH excluding ortho intramolecular Hbond substituents is 2. The summed E-state index contributed by atoms with van der Waals surface area (Å²) < 4.78 is 22.5. The summed E-state index contributed by atoms with van der Waals surface area (Å²) in [7, 11) is 8.10. The second-order valence-electron chi connectivity index (χ2n) is 12.4. The van der Waals surface area contributed by atoms with Gasteiger partial charge in [-0.05, 0) is 47.5 Å². The van der Waals surface area contributed by atoms with Crippen molar-refractivity contribution in [2.75, 3.05) is 77.8 Å². The summed E-state index contributed by atoms with van der Waals surface area (Å²) in [5.41, 5.74) is 5.93. The molecule has 3 heterocycles. The molecule has 3 aliphatic heterocycles. The Morgan fingerprint density at radius 3 is 1.17 bits per heavy atom. The fourth-order valence-corrected chi connectivity index (χ4v) is 6.67. The van der Waals surface area contributed by atoms with Gasteiger partial charge in [0.15, 0.2) is 23.0 Å². The van der Waals surface area contributed by atoms with E-state index in [1.165, 1.54) is 0 Å². The molecule has 0 bridgehead atoms. The minimum atomic E-state index is -0.204. The summed E-state index contributed by atoms with van der Waals surface area (Å²) in [6.45, 7) is 3.19. The molecule has 4 aromatic carbocycles. The van der Waals surface area contributed by atoms with E-state index in [-0.39, 0.29) is 37.2 Å². The van der Waals surface area contributed by atoms with Gasteiger partial charge in [-0.25, -0.2) is 0 Å². The topological polar surface area (TPSA) is 90.3 Å². The van der Waals surface area contributed by atoms with Gasteiger partial charge >= 0.3 is 0 Å². The zero-order chi connectivity index (χ0) is 31.9. The molecule has 46 heavy (non-hydrogen) atoms. The first kappa shape index (κ1) is 29.9. The highest BCUT2D eigenvalue weighted by atomic mass is 16.7. The third-order valence-electron chi connectivity index (χ3n) is 9.16.